The molecule has 4 nitrogen and oxygen atoms in total. The van der Waals surface area contributed by atoms with Crippen molar-refractivity contribution in [2.45, 2.75) is 45.8 Å². The lowest BCUT2D eigenvalue weighted by Crippen LogP contribution is -2.62. The first-order valence-corrected chi connectivity index (χ1v) is 6.73. The van der Waals surface area contributed by atoms with Gasteiger partial charge in [0.2, 0.25) is 0 Å². The van der Waals surface area contributed by atoms with Gasteiger partial charge in [0.15, 0.2) is 0 Å². The Balaban J connectivity index is 2.10. The second-order valence-electron chi connectivity index (χ2n) is 6.20. The van der Waals surface area contributed by atoms with Crippen LogP contribution in [0.2, 0.25) is 0 Å². The average Bonchev–Trinajstić information content (AvgIpc) is 2.28. The minimum Gasteiger partial charge on any atom is -0.309 e. The highest BCUT2D eigenvalue weighted by molar-refractivity contribution is 5.02. The molecule has 100 valence electrons. The SMILES string of the molecule is CC(C)C1CNC(C)(C)CN1Cc1cccnn1. The molecule has 2 heterocycles. The first kappa shape index (κ1) is 13.4. The van der Waals surface area contributed by atoms with Crippen LogP contribution in [0.25, 0.3) is 0 Å². The van der Waals surface area contributed by atoms with E-state index in [1.54, 1.807) is 6.20 Å². The number of piperazine rings is 1. The van der Waals surface area contributed by atoms with E-state index in [4.69, 9.17) is 0 Å². The molecule has 4 heteroatoms. The van der Waals surface area contributed by atoms with E-state index in [0.29, 0.717) is 12.0 Å². The minimum absolute atomic E-state index is 0.174. The smallest absolute Gasteiger partial charge is 0.0771 e. The number of nitrogens with one attached hydrogen (secondary N) is 1. The Kier molecular flexibility index (Phi) is 3.97. The summed E-state index contributed by atoms with van der Waals surface area (Å²) in [6.45, 7) is 12.1. The predicted octanol–water partition coefficient (Wildman–Crippen LogP) is 1.68. The lowest BCUT2D eigenvalue weighted by molar-refractivity contribution is 0.0614. The van der Waals surface area contributed by atoms with Crippen molar-refractivity contribution in [3.63, 3.8) is 0 Å². The van der Waals surface area contributed by atoms with E-state index in [9.17, 15) is 0 Å². The normalized spacial score (nSPS) is 24.4. The molecule has 18 heavy (non-hydrogen) atoms. The Morgan fingerprint density at radius 3 is 2.89 bits per heavy atom. The highest BCUT2D eigenvalue weighted by Crippen LogP contribution is 2.21. The molecule has 0 radical (unpaired) electrons. The van der Waals surface area contributed by atoms with Crippen LogP contribution in [0.3, 0.4) is 0 Å². The van der Waals surface area contributed by atoms with E-state index in [1.165, 1.54) is 0 Å². The zero-order valence-electron chi connectivity index (χ0n) is 11.8. The van der Waals surface area contributed by atoms with Gasteiger partial charge in [0.25, 0.3) is 0 Å². The number of aromatic nitrogens is 2. The van der Waals surface area contributed by atoms with Crippen LogP contribution in [-0.2, 0) is 6.54 Å². The van der Waals surface area contributed by atoms with Crippen LogP contribution in [0.4, 0.5) is 0 Å². The summed E-state index contributed by atoms with van der Waals surface area (Å²) in [6.07, 6.45) is 1.73. The number of hydrogen-bond acceptors (Lipinski definition) is 4. The third-order valence-electron chi connectivity index (χ3n) is 3.62. The summed E-state index contributed by atoms with van der Waals surface area (Å²) in [6, 6.07) is 4.58. The van der Waals surface area contributed by atoms with Crippen LogP contribution in [0.1, 0.15) is 33.4 Å². The first-order valence-electron chi connectivity index (χ1n) is 6.73. The fourth-order valence-electron chi connectivity index (χ4n) is 2.65. The van der Waals surface area contributed by atoms with Crippen LogP contribution >= 0.6 is 0 Å². The quantitative estimate of drug-likeness (QED) is 0.883. The van der Waals surface area contributed by atoms with Gasteiger partial charge in [-0.3, -0.25) is 4.90 Å². The molecule has 0 bridgehead atoms. The van der Waals surface area contributed by atoms with Gasteiger partial charge in [-0.15, -0.1) is 0 Å². The Hall–Kier alpha value is -1.00. The predicted molar refractivity (Wildman–Crippen MR) is 73.1 cm³/mol. The summed E-state index contributed by atoms with van der Waals surface area (Å²) >= 11 is 0. The zero-order valence-corrected chi connectivity index (χ0v) is 11.8. The van der Waals surface area contributed by atoms with Crippen LogP contribution in [-0.4, -0.2) is 39.8 Å². The molecule has 0 amide bonds. The number of nitrogens with zero attached hydrogens (tertiary/aromatic N) is 3. The van der Waals surface area contributed by atoms with Crippen molar-refractivity contribution < 1.29 is 0 Å². The Labute approximate surface area is 110 Å². The minimum atomic E-state index is 0.174. The van der Waals surface area contributed by atoms with Crippen molar-refractivity contribution in [2.24, 2.45) is 5.92 Å². The molecule has 1 fully saturated rings. The van der Waals surface area contributed by atoms with Crippen LogP contribution < -0.4 is 5.32 Å². The monoisotopic (exact) mass is 248 g/mol. The van der Waals surface area contributed by atoms with Crippen molar-refractivity contribution in [1.29, 1.82) is 0 Å². The van der Waals surface area contributed by atoms with Crippen molar-refractivity contribution in [3.05, 3.63) is 24.0 Å². The van der Waals surface area contributed by atoms with Crippen molar-refractivity contribution in [3.8, 4) is 0 Å². The summed E-state index contributed by atoms with van der Waals surface area (Å²) in [7, 11) is 0. The lowest BCUT2D eigenvalue weighted by Gasteiger charge is -2.46. The molecule has 1 saturated heterocycles. The Bertz CT molecular complexity index is 375. The maximum Gasteiger partial charge on any atom is 0.0771 e. The van der Waals surface area contributed by atoms with E-state index in [1.807, 2.05) is 6.07 Å². The first-order chi connectivity index (χ1) is 8.48. The fraction of sp³-hybridized carbons (Fsp3) is 0.714. The second-order valence-corrected chi connectivity index (χ2v) is 6.20. The molecule has 1 N–H and O–H groups in total. The molecule has 0 aliphatic carbocycles. The molecule has 1 aliphatic heterocycles. The van der Waals surface area contributed by atoms with Gasteiger partial charge in [0, 0.05) is 37.4 Å². The molecule has 1 unspecified atom stereocenters. The third kappa shape index (κ3) is 3.27. The molecule has 0 saturated carbocycles. The number of hydrogen-bond donors (Lipinski definition) is 1. The Morgan fingerprint density at radius 2 is 2.28 bits per heavy atom. The van der Waals surface area contributed by atoms with Crippen LogP contribution in [0.15, 0.2) is 18.3 Å². The topological polar surface area (TPSA) is 41.0 Å². The molecule has 2 rings (SSSR count). The van der Waals surface area contributed by atoms with E-state index in [2.05, 4.69) is 54.2 Å². The van der Waals surface area contributed by atoms with Gasteiger partial charge in [0.1, 0.15) is 0 Å². The highest BCUT2D eigenvalue weighted by Gasteiger charge is 2.33. The molecule has 1 aromatic heterocycles. The van der Waals surface area contributed by atoms with Crippen molar-refractivity contribution >= 4 is 0 Å². The van der Waals surface area contributed by atoms with E-state index < -0.39 is 0 Å². The maximum atomic E-state index is 4.20. The number of rotatable bonds is 3. The molecule has 0 spiro atoms. The molecule has 1 atom stereocenters. The summed E-state index contributed by atoms with van der Waals surface area (Å²) < 4.78 is 0. The van der Waals surface area contributed by atoms with Crippen LogP contribution in [0, 0.1) is 5.92 Å². The van der Waals surface area contributed by atoms with Gasteiger partial charge in [-0.1, -0.05) is 13.8 Å². The van der Waals surface area contributed by atoms with Gasteiger partial charge in [-0.05, 0) is 31.9 Å². The summed E-state index contributed by atoms with van der Waals surface area (Å²) in [5, 5.41) is 11.8. The van der Waals surface area contributed by atoms with Crippen molar-refractivity contribution in [2.75, 3.05) is 13.1 Å². The van der Waals surface area contributed by atoms with Crippen LogP contribution in [0.5, 0.6) is 0 Å². The third-order valence-corrected chi connectivity index (χ3v) is 3.62. The van der Waals surface area contributed by atoms with Gasteiger partial charge < -0.3 is 5.32 Å². The Morgan fingerprint density at radius 1 is 1.50 bits per heavy atom. The summed E-state index contributed by atoms with van der Waals surface area (Å²) in [5.74, 6) is 0.644. The molecule has 1 aliphatic rings. The highest BCUT2D eigenvalue weighted by atomic mass is 15.3. The van der Waals surface area contributed by atoms with Gasteiger partial charge >= 0.3 is 0 Å². The van der Waals surface area contributed by atoms with E-state index in [0.717, 1.165) is 25.3 Å². The molecular weight excluding hydrogens is 224 g/mol. The summed E-state index contributed by atoms with van der Waals surface area (Å²) in [5.41, 5.74) is 1.23. The molecular formula is C14H24N4. The largest absolute Gasteiger partial charge is 0.309 e. The van der Waals surface area contributed by atoms with Gasteiger partial charge in [-0.25, -0.2) is 0 Å². The van der Waals surface area contributed by atoms with Gasteiger partial charge in [0.05, 0.1) is 5.69 Å². The lowest BCUT2D eigenvalue weighted by atomic mass is 9.93. The maximum absolute atomic E-state index is 4.20. The van der Waals surface area contributed by atoms with Gasteiger partial charge in [-0.2, -0.15) is 10.2 Å². The fourth-order valence-corrected chi connectivity index (χ4v) is 2.65. The second kappa shape index (κ2) is 5.33. The molecule has 0 aromatic carbocycles. The zero-order chi connectivity index (χ0) is 13.2. The standard InChI is InChI=1S/C14H24N4/c1-11(2)13-8-15-14(3,4)10-18(13)9-12-6-5-7-16-17-12/h5-7,11,13,15H,8-10H2,1-4H3. The summed E-state index contributed by atoms with van der Waals surface area (Å²) in [4.78, 5) is 2.53. The average molecular weight is 248 g/mol. The van der Waals surface area contributed by atoms with E-state index in [-0.39, 0.29) is 5.54 Å². The van der Waals surface area contributed by atoms with Crippen molar-refractivity contribution in [1.82, 2.24) is 20.4 Å². The molecule has 1 aromatic rings. The van der Waals surface area contributed by atoms with E-state index >= 15 is 0 Å².